The summed E-state index contributed by atoms with van der Waals surface area (Å²) in [6.45, 7) is -3.70. The minimum atomic E-state index is -3.02. The highest BCUT2D eigenvalue weighted by molar-refractivity contribution is 6.37. The molecule has 0 saturated heterocycles. The second kappa shape index (κ2) is 9.54. The lowest BCUT2D eigenvalue weighted by Crippen LogP contribution is -2.11. The van der Waals surface area contributed by atoms with E-state index in [2.05, 4.69) is 4.74 Å². The number of carboxylic acid groups (broad SMARTS) is 1. The molecule has 0 aliphatic heterocycles. The zero-order chi connectivity index (χ0) is 24.4. The van der Waals surface area contributed by atoms with Crippen molar-refractivity contribution in [1.82, 2.24) is 4.57 Å². The molecule has 0 spiro atoms. The molecule has 0 radical (unpaired) electrons. The van der Waals surface area contributed by atoms with Crippen LogP contribution in [-0.2, 0) is 16.2 Å². The molecule has 176 valence electrons. The standard InChI is InChI=1S/C23H17ClF2N2O6/c24-14-8-9-17(34-32-11-18(29)30)20-19-13(22(27)31)5-3-6-15(19)28(21(14)20)10-12-4-1-2-7-16(12)33-23(25)26/h1-9,23H,10-11H2,(H2,27,31)(H,29,30). The lowest BCUT2D eigenvalue weighted by molar-refractivity contribution is -0.212. The molecule has 1 amide bonds. The van der Waals surface area contributed by atoms with Crippen LogP contribution >= 0.6 is 11.6 Å². The third-order valence-corrected chi connectivity index (χ3v) is 5.36. The van der Waals surface area contributed by atoms with Crippen molar-refractivity contribution >= 4 is 45.3 Å². The molecule has 4 aromatic rings. The number of benzene rings is 3. The number of carboxylic acids is 1. The van der Waals surface area contributed by atoms with E-state index in [1.807, 2.05) is 0 Å². The Hall–Kier alpha value is -3.89. The van der Waals surface area contributed by atoms with Crippen molar-refractivity contribution in [2.75, 3.05) is 6.61 Å². The maximum Gasteiger partial charge on any atom is 0.387 e. The average Bonchev–Trinajstić information content (AvgIpc) is 3.11. The van der Waals surface area contributed by atoms with Gasteiger partial charge >= 0.3 is 12.6 Å². The number of alkyl halides is 2. The van der Waals surface area contributed by atoms with Gasteiger partial charge in [-0.25, -0.2) is 4.79 Å². The number of carbonyl (C=O) groups excluding carboxylic acids is 1. The Kier molecular flexibility index (Phi) is 6.53. The van der Waals surface area contributed by atoms with Gasteiger partial charge in [-0.1, -0.05) is 35.9 Å². The van der Waals surface area contributed by atoms with E-state index >= 15 is 0 Å². The summed E-state index contributed by atoms with van der Waals surface area (Å²) >= 11 is 6.53. The first kappa shape index (κ1) is 23.3. The predicted molar refractivity (Wildman–Crippen MR) is 119 cm³/mol. The molecule has 0 unspecified atom stereocenters. The first-order valence-electron chi connectivity index (χ1n) is 9.85. The summed E-state index contributed by atoms with van der Waals surface area (Å²) in [7, 11) is 0. The Morgan fingerprint density at radius 1 is 1.03 bits per heavy atom. The fourth-order valence-electron chi connectivity index (χ4n) is 3.80. The van der Waals surface area contributed by atoms with E-state index in [1.165, 1.54) is 24.3 Å². The Morgan fingerprint density at radius 3 is 2.50 bits per heavy atom. The number of amides is 1. The molecule has 0 aliphatic rings. The largest absolute Gasteiger partial charge is 0.479 e. The van der Waals surface area contributed by atoms with Gasteiger partial charge in [0.1, 0.15) is 5.75 Å². The Morgan fingerprint density at radius 2 is 1.79 bits per heavy atom. The van der Waals surface area contributed by atoms with Crippen LogP contribution in [0, 0.1) is 0 Å². The van der Waals surface area contributed by atoms with Crippen molar-refractivity contribution in [3.8, 4) is 11.5 Å². The van der Waals surface area contributed by atoms with Gasteiger partial charge in [-0.15, -0.1) is 0 Å². The van der Waals surface area contributed by atoms with Crippen molar-refractivity contribution in [2.45, 2.75) is 13.2 Å². The van der Waals surface area contributed by atoms with Crippen LogP contribution in [0.15, 0.2) is 54.6 Å². The van der Waals surface area contributed by atoms with Gasteiger partial charge in [-0.3, -0.25) is 4.79 Å². The number of carbonyl (C=O) groups is 2. The van der Waals surface area contributed by atoms with E-state index in [1.54, 1.807) is 34.9 Å². The summed E-state index contributed by atoms with van der Waals surface area (Å²) in [5.74, 6) is -1.90. The van der Waals surface area contributed by atoms with E-state index < -0.39 is 25.1 Å². The molecular formula is C23H17ClF2N2O6. The van der Waals surface area contributed by atoms with Gasteiger partial charge in [0.15, 0.2) is 12.4 Å². The number of fused-ring (bicyclic) bond motifs is 3. The van der Waals surface area contributed by atoms with Crippen molar-refractivity contribution in [2.24, 2.45) is 5.73 Å². The smallest absolute Gasteiger partial charge is 0.387 e. The second-order valence-corrected chi connectivity index (χ2v) is 7.55. The summed E-state index contributed by atoms with van der Waals surface area (Å²) in [6.07, 6.45) is 0. The van der Waals surface area contributed by atoms with Crippen LogP contribution in [0.2, 0.25) is 5.02 Å². The van der Waals surface area contributed by atoms with Gasteiger partial charge in [0.05, 0.1) is 28.0 Å². The number of nitrogens with zero attached hydrogens (tertiary/aromatic N) is 1. The molecule has 0 fully saturated rings. The molecule has 34 heavy (non-hydrogen) atoms. The van der Waals surface area contributed by atoms with Gasteiger partial charge in [-0.2, -0.15) is 13.7 Å². The minimum Gasteiger partial charge on any atom is -0.479 e. The number of hydrogen-bond donors (Lipinski definition) is 2. The van der Waals surface area contributed by atoms with Crippen molar-refractivity contribution in [3.05, 3.63) is 70.7 Å². The van der Waals surface area contributed by atoms with E-state index in [4.69, 9.17) is 32.2 Å². The van der Waals surface area contributed by atoms with Gasteiger partial charge < -0.3 is 25.0 Å². The van der Waals surface area contributed by atoms with Crippen molar-refractivity contribution in [3.63, 3.8) is 0 Å². The zero-order valence-electron chi connectivity index (χ0n) is 17.3. The SMILES string of the molecule is NC(=O)c1cccc2c1c1c(OOCC(=O)O)ccc(Cl)c1n2Cc1ccccc1OC(F)F. The number of nitrogens with two attached hydrogens (primary N) is 1. The maximum absolute atomic E-state index is 12.9. The van der Waals surface area contributed by atoms with Crippen molar-refractivity contribution in [1.29, 1.82) is 0 Å². The van der Waals surface area contributed by atoms with Crippen LogP contribution in [0.4, 0.5) is 8.78 Å². The lowest BCUT2D eigenvalue weighted by Gasteiger charge is -2.14. The van der Waals surface area contributed by atoms with E-state index in [9.17, 15) is 18.4 Å². The highest BCUT2D eigenvalue weighted by atomic mass is 35.5. The topological polar surface area (TPSA) is 113 Å². The molecule has 1 aromatic heterocycles. The van der Waals surface area contributed by atoms with E-state index in [0.717, 1.165) is 0 Å². The molecule has 0 bridgehead atoms. The number of hydrogen-bond acceptors (Lipinski definition) is 5. The number of para-hydroxylation sites is 1. The highest BCUT2D eigenvalue weighted by Gasteiger charge is 2.23. The average molecular weight is 491 g/mol. The molecule has 11 heteroatoms. The van der Waals surface area contributed by atoms with Crippen LogP contribution in [0.1, 0.15) is 15.9 Å². The quantitative estimate of drug-likeness (QED) is 0.262. The minimum absolute atomic E-state index is 0.0214. The fraction of sp³-hybridized carbons (Fsp3) is 0.130. The molecule has 0 saturated carbocycles. The van der Waals surface area contributed by atoms with Gasteiger partial charge in [0.25, 0.3) is 0 Å². The normalized spacial score (nSPS) is 11.3. The number of halogens is 3. The monoisotopic (exact) mass is 490 g/mol. The Balaban J connectivity index is 1.98. The third-order valence-electron chi connectivity index (χ3n) is 5.06. The molecule has 1 heterocycles. The summed E-state index contributed by atoms with van der Waals surface area (Å²) in [5, 5.41) is 9.83. The molecule has 0 aliphatic carbocycles. The molecule has 0 atom stereocenters. The molecule has 3 aromatic carbocycles. The number of rotatable bonds is 9. The Labute approximate surface area is 195 Å². The fourth-order valence-corrected chi connectivity index (χ4v) is 4.06. The number of aliphatic carboxylic acids is 1. The number of primary amides is 1. The molecule has 8 nitrogen and oxygen atoms in total. The van der Waals surface area contributed by atoms with Crippen LogP contribution in [0.5, 0.6) is 11.5 Å². The highest BCUT2D eigenvalue weighted by Crippen LogP contribution is 2.42. The van der Waals surface area contributed by atoms with Gasteiger partial charge in [0, 0.05) is 16.5 Å². The first-order chi connectivity index (χ1) is 16.3. The van der Waals surface area contributed by atoms with E-state index in [0.29, 0.717) is 27.4 Å². The van der Waals surface area contributed by atoms with Gasteiger partial charge in [0.2, 0.25) is 5.91 Å². The first-order valence-corrected chi connectivity index (χ1v) is 10.2. The molecule has 4 rings (SSSR count). The number of ether oxygens (including phenoxy) is 1. The lowest BCUT2D eigenvalue weighted by atomic mass is 10.1. The summed E-state index contributed by atoms with van der Waals surface area (Å²) < 4.78 is 32.3. The molecule has 3 N–H and O–H groups in total. The van der Waals surface area contributed by atoms with Crippen LogP contribution in [0.3, 0.4) is 0 Å². The molecular weight excluding hydrogens is 474 g/mol. The Bertz CT molecular complexity index is 1410. The van der Waals surface area contributed by atoms with Crippen LogP contribution in [0.25, 0.3) is 21.8 Å². The van der Waals surface area contributed by atoms with Crippen molar-refractivity contribution < 1.29 is 38.0 Å². The number of aromatic nitrogens is 1. The zero-order valence-corrected chi connectivity index (χ0v) is 18.1. The summed E-state index contributed by atoms with van der Waals surface area (Å²) in [6, 6.07) is 14.1. The summed E-state index contributed by atoms with van der Waals surface area (Å²) in [5.41, 5.74) is 7.09. The third kappa shape index (κ3) is 4.45. The predicted octanol–water partition coefficient (Wildman–Crippen LogP) is 4.59. The maximum atomic E-state index is 12.9. The van der Waals surface area contributed by atoms with E-state index in [-0.39, 0.29) is 28.6 Å². The second-order valence-electron chi connectivity index (χ2n) is 7.14. The van der Waals surface area contributed by atoms with Gasteiger partial charge in [-0.05, 0) is 30.3 Å². The van der Waals surface area contributed by atoms with Crippen LogP contribution in [-0.4, -0.2) is 34.8 Å². The summed E-state index contributed by atoms with van der Waals surface area (Å²) in [4.78, 5) is 33.1. The van der Waals surface area contributed by atoms with Crippen LogP contribution < -0.4 is 15.4 Å².